The largest absolute Gasteiger partial charge is 0.481 e. The highest BCUT2D eigenvalue weighted by Gasteiger charge is 2.15. The number of carbonyl (C=O) groups is 1. The third-order valence-corrected chi connectivity index (χ3v) is 3.96. The summed E-state index contributed by atoms with van der Waals surface area (Å²) in [5, 5.41) is 2.90. The van der Waals surface area contributed by atoms with E-state index in [1.54, 1.807) is 13.1 Å². The maximum absolute atomic E-state index is 12.4. The third kappa shape index (κ3) is 5.54. The highest BCUT2D eigenvalue weighted by atomic mass is 16.5. The van der Waals surface area contributed by atoms with E-state index in [2.05, 4.69) is 10.3 Å². The van der Waals surface area contributed by atoms with Gasteiger partial charge in [0.25, 0.3) is 5.91 Å². The first kappa shape index (κ1) is 18.4. The van der Waals surface area contributed by atoms with Crippen LogP contribution in [0.25, 0.3) is 12.2 Å². The fourth-order valence-corrected chi connectivity index (χ4v) is 2.57. The Morgan fingerprint density at radius 3 is 2.67 bits per heavy atom. The minimum absolute atomic E-state index is 0.192. The Hall–Kier alpha value is -3.40. The number of amides is 1. The van der Waals surface area contributed by atoms with E-state index >= 15 is 0 Å². The van der Waals surface area contributed by atoms with Gasteiger partial charge < -0.3 is 10.1 Å². The number of carbonyl (C=O) groups excluding carboxylic acids is 1. The molecule has 1 atom stereocenters. The highest BCUT2D eigenvalue weighted by molar-refractivity contribution is 5.94. The zero-order chi connectivity index (χ0) is 19.1. The van der Waals surface area contributed by atoms with Gasteiger partial charge in [-0.2, -0.15) is 0 Å². The van der Waals surface area contributed by atoms with Crippen molar-refractivity contribution in [3.8, 4) is 5.75 Å². The number of ether oxygens (including phenoxy) is 1. The second kappa shape index (κ2) is 8.81. The summed E-state index contributed by atoms with van der Waals surface area (Å²) in [4.78, 5) is 16.7. The van der Waals surface area contributed by atoms with Gasteiger partial charge in [-0.3, -0.25) is 9.78 Å². The standard InChI is InChI=1S/C23H22N2O2/c1-17-7-5-11-22(15-17)27-18(2)23(26)25-21-10-6-8-19(16-21)12-13-20-9-3-4-14-24-20/h3-16,18H,1-2H3,(H,25,26)/b13-12+/t18-/m1/s1. The van der Waals surface area contributed by atoms with Crippen molar-refractivity contribution < 1.29 is 9.53 Å². The lowest BCUT2D eigenvalue weighted by Crippen LogP contribution is -2.30. The summed E-state index contributed by atoms with van der Waals surface area (Å²) in [5.41, 5.74) is 3.67. The summed E-state index contributed by atoms with van der Waals surface area (Å²) in [5.74, 6) is 0.493. The molecule has 0 bridgehead atoms. The van der Waals surface area contributed by atoms with E-state index in [4.69, 9.17) is 4.74 Å². The highest BCUT2D eigenvalue weighted by Crippen LogP contribution is 2.17. The molecule has 136 valence electrons. The summed E-state index contributed by atoms with van der Waals surface area (Å²) in [6.45, 7) is 3.73. The van der Waals surface area contributed by atoms with Gasteiger partial charge in [0, 0.05) is 11.9 Å². The molecule has 1 heterocycles. The van der Waals surface area contributed by atoms with Crippen LogP contribution >= 0.6 is 0 Å². The first-order valence-corrected chi connectivity index (χ1v) is 8.83. The lowest BCUT2D eigenvalue weighted by molar-refractivity contribution is -0.122. The molecule has 4 nitrogen and oxygen atoms in total. The minimum atomic E-state index is -0.598. The SMILES string of the molecule is Cc1cccc(O[C@H](C)C(=O)Nc2cccc(/C=C/c3ccccn3)c2)c1. The topological polar surface area (TPSA) is 51.2 Å². The van der Waals surface area contributed by atoms with Crippen molar-refractivity contribution in [3.63, 3.8) is 0 Å². The number of pyridine rings is 1. The maximum atomic E-state index is 12.4. The van der Waals surface area contributed by atoms with Crippen LogP contribution in [0.2, 0.25) is 0 Å². The molecule has 0 aliphatic heterocycles. The first-order chi connectivity index (χ1) is 13.1. The van der Waals surface area contributed by atoms with Crippen LogP contribution in [0.4, 0.5) is 5.69 Å². The Balaban J connectivity index is 1.63. The average molecular weight is 358 g/mol. The zero-order valence-corrected chi connectivity index (χ0v) is 15.4. The molecule has 3 rings (SSSR count). The summed E-state index contributed by atoms with van der Waals surface area (Å²) in [6, 6.07) is 21.1. The van der Waals surface area contributed by atoms with Crippen molar-refractivity contribution in [1.29, 1.82) is 0 Å². The number of aryl methyl sites for hydroxylation is 1. The van der Waals surface area contributed by atoms with Crippen LogP contribution in [0.1, 0.15) is 23.7 Å². The smallest absolute Gasteiger partial charge is 0.265 e. The van der Waals surface area contributed by atoms with E-state index in [-0.39, 0.29) is 5.91 Å². The molecule has 1 N–H and O–H groups in total. The molecule has 0 saturated heterocycles. The van der Waals surface area contributed by atoms with Gasteiger partial charge in [-0.25, -0.2) is 0 Å². The summed E-state index contributed by atoms with van der Waals surface area (Å²) in [7, 11) is 0. The molecule has 4 heteroatoms. The number of hydrogen-bond donors (Lipinski definition) is 1. The number of hydrogen-bond acceptors (Lipinski definition) is 3. The van der Waals surface area contributed by atoms with Gasteiger partial charge in [-0.05, 0) is 67.4 Å². The van der Waals surface area contributed by atoms with Crippen LogP contribution in [-0.2, 0) is 4.79 Å². The maximum Gasteiger partial charge on any atom is 0.265 e. The Morgan fingerprint density at radius 1 is 1.04 bits per heavy atom. The Labute approximate surface area is 159 Å². The minimum Gasteiger partial charge on any atom is -0.481 e. The van der Waals surface area contributed by atoms with Gasteiger partial charge in [-0.1, -0.05) is 36.4 Å². The summed E-state index contributed by atoms with van der Waals surface area (Å²) in [6.07, 6.45) is 5.06. The molecule has 1 amide bonds. The molecule has 2 aromatic carbocycles. The van der Waals surface area contributed by atoms with Crippen molar-refractivity contribution in [2.75, 3.05) is 5.32 Å². The Kier molecular flexibility index (Phi) is 6.00. The number of nitrogens with zero attached hydrogens (tertiary/aromatic N) is 1. The lowest BCUT2D eigenvalue weighted by atomic mass is 10.1. The molecule has 0 radical (unpaired) electrons. The van der Waals surface area contributed by atoms with Gasteiger partial charge in [-0.15, -0.1) is 0 Å². The van der Waals surface area contributed by atoms with Crippen molar-refractivity contribution in [2.45, 2.75) is 20.0 Å². The Bertz CT molecular complexity index is 936. The molecular weight excluding hydrogens is 336 g/mol. The van der Waals surface area contributed by atoms with Gasteiger partial charge in [0.2, 0.25) is 0 Å². The summed E-state index contributed by atoms with van der Waals surface area (Å²) >= 11 is 0. The molecule has 3 aromatic rings. The Morgan fingerprint density at radius 2 is 1.89 bits per heavy atom. The number of nitrogens with one attached hydrogen (secondary N) is 1. The molecule has 0 spiro atoms. The lowest BCUT2D eigenvalue weighted by Gasteiger charge is -2.15. The van der Waals surface area contributed by atoms with Gasteiger partial charge in [0.1, 0.15) is 5.75 Å². The van der Waals surface area contributed by atoms with E-state index in [1.807, 2.05) is 85.8 Å². The van der Waals surface area contributed by atoms with Crippen molar-refractivity contribution >= 4 is 23.7 Å². The van der Waals surface area contributed by atoms with E-state index < -0.39 is 6.10 Å². The zero-order valence-electron chi connectivity index (χ0n) is 15.4. The molecule has 0 aliphatic carbocycles. The molecule has 1 aromatic heterocycles. The van der Waals surface area contributed by atoms with Gasteiger partial charge >= 0.3 is 0 Å². The molecule has 0 fully saturated rings. The third-order valence-electron chi connectivity index (χ3n) is 3.96. The van der Waals surface area contributed by atoms with Crippen molar-refractivity contribution in [3.05, 3.63) is 89.7 Å². The predicted molar refractivity (Wildman–Crippen MR) is 110 cm³/mol. The van der Waals surface area contributed by atoms with Crippen LogP contribution in [0, 0.1) is 6.92 Å². The van der Waals surface area contributed by atoms with E-state index in [0.717, 1.165) is 22.5 Å². The fraction of sp³-hybridized carbons (Fsp3) is 0.130. The van der Waals surface area contributed by atoms with Gasteiger partial charge in [0.05, 0.1) is 5.69 Å². The molecule has 0 aliphatic rings. The van der Waals surface area contributed by atoms with Crippen LogP contribution in [-0.4, -0.2) is 17.0 Å². The molecule has 27 heavy (non-hydrogen) atoms. The van der Waals surface area contributed by atoms with Crippen molar-refractivity contribution in [2.24, 2.45) is 0 Å². The van der Waals surface area contributed by atoms with Crippen LogP contribution in [0.5, 0.6) is 5.75 Å². The second-order valence-corrected chi connectivity index (χ2v) is 6.28. The second-order valence-electron chi connectivity index (χ2n) is 6.28. The van der Waals surface area contributed by atoms with Crippen LogP contribution < -0.4 is 10.1 Å². The predicted octanol–water partition coefficient (Wildman–Crippen LogP) is 4.97. The number of benzene rings is 2. The van der Waals surface area contributed by atoms with E-state index in [0.29, 0.717) is 5.75 Å². The van der Waals surface area contributed by atoms with Crippen molar-refractivity contribution in [1.82, 2.24) is 4.98 Å². The number of anilines is 1. The number of aromatic nitrogens is 1. The normalized spacial score (nSPS) is 11.9. The first-order valence-electron chi connectivity index (χ1n) is 8.83. The fourth-order valence-electron chi connectivity index (χ4n) is 2.57. The molecule has 0 unspecified atom stereocenters. The molecule has 0 saturated carbocycles. The molecular formula is C23H22N2O2. The quantitative estimate of drug-likeness (QED) is 0.677. The summed E-state index contributed by atoms with van der Waals surface area (Å²) < 4.78 is 5.73. The van der Waals surface area contributed by atoms with E-state index in [9.17, 15) is 4.79 Å². The van der Waals surface area contributed by atoms with Crippen LogP contribution in [0.15, 0.2) is 72.9 Å². The van der Waals surface area contributed by atoms with Crippen LogP contribution in [0.3, 0.4) is 0 Å². The van der Waals surface area contributed by atoms with E-state index in [1.165, 1.54) is 0 Å². The number of rotatable bonds is 6. The van der Waals surface area contributed by atoms with Gasteiger partial charge in [0.15, 0.2) is 6.10 Å². The average Bonchev–Trinajstić information content (AvgIpc) is 2.67. The monoisotopic (exact) mass is 358 g/mol.